The fourth-order valence-corrected chi connectivity index (χ4v) is 0.453. The summed E-state index contributed by atoms with van der Waals surface area (Å²) in [5.74, 6) is 0.702. The highest BCUT2D eigenvalue weighted by Crippen LogP contribution is 2.10. The third-order valence-electron chi connectivity index (χ3n) is 0.757. The molecule has 1 unspecified atom stereocenters. The number of rotatable bonds is 1. The predicted molar refractivity (Wildman–Crippen MR) is 31.6 cm³/mol. The molecule has 0 aliphatic heterocycles. The van der Waals surface area contributed by atoms with Crippen LogP contribution in [0.4, 0.5) is 0 Å². The third kappa shape index (κ3) is 0.975. The molecule has 0 spiro atoms. The van der Waals surface area contributed by atoms with E-state index in [-0.39, 0.29) is 5.25 Å². The molecular formula is C3H6N4S. The van der Waals surface area contributed by atoms with E-state index in [4.69, 9.17) is 0 Å². The van der Waals surface area contributed by atoms with E-state index in [2.05, 4.69) is 33.3 Å². The van der Waals surface area contributed by atoms with Gasteiger partial charge >= 0.3 is 0 Å². The fourth-order valence-electron chi connectivity index (χ4n) is 0.343. The summed E-state index contributed by atoms with van der Waals surface area (Å²) in [6, 6.07) is 0. The van der Waals surface area contributed by atoms with E-state index in [0.717, 1.165) is 0 Å². The summed E-state index contributed by atoms with van der Waals surface area (Å²) < 4.78 is 0. The molecule has 1 rings (SSSR count). The molecule has 5 heteroatoms. The molecule has 1 heterocycles. The van der Waals surface area contributed by atoms with Gasteiger partial charge in [-0.05, 0) is 17.4 Å². The van der Waals surface area contributed by atoms with Gasteiger partial charge in [-0.15, -0.1) is 5.10 Å². The summed E-state index contributed by atoms with van der Waals surface area (Å²) in [4.78, 5) is 0. The molecule has 0 saturated heterocycles. The van der Waals surface area contributed by atoms with Crippen molar-refractivity contribution >= 4 is 12.6 Å². The highest BCUT2D eigenvalue weighted by Gasteiger charge is 2.00. The van der Waals surface area contributed by atoms with Gasteiger partial charge in [-0.2, -0.15) is 12.6 Å². The Balaban J connectivity index is 2.77. The molecule has 1 aromatic heterocycles. The maximum absolute atomic E-state index is 4.08. The molecule has 1 atom stereocenters. The molecule has 0 saturated carbocycles. The second-order valence-electron chi connectivity index (χ2n) is 1.46. The fraction of sp³-hybridized carbons (Fsp3) is 0.667. The minimum atomic E-state index is 0.0880. The molecule has 4 nitrogen and oxygen atoms in total. The zero-order valence-corrected chi connectivity index (χ0v) is 5.26. The summed E-state index contributed by atoms with van der Waals surface area (Å²) in [5.41, 5.74) is 0. The van der Waals surface area contributed by atoms with E-state index in [1.807, 2.05) is 6.92 Å². The van der Waals surface area contributed by atoms with E-state index >= 15 is 0 Å². The Labute approximate surface area is 52.1 Å². The van der Waals surface area contributed by atoms with Crippen LogP contribution in [0.5, 0.6) is 0 Å². The average molecular weight is 130 g/mol. The van der Waals surface area contributed by atoms with Crippen LogP contribution in [0.2, 0.25) is 0 Å². The van der Waals surface area contributed by atoms with Crippen LogP contribution in [0.1, 0.15) is 18.0 Å². The maximum Gasteiger partial charge on any atom is 0.161 e. The Kier molecular flexibility index (Phi) is 1.48. The van der Waals surface area contributed by atoms with Crippen molar-refractivity contribution in [2.75, 3.05) is 0 Å². The zero-order valence-electron chi connectivity index (χ0n) is 4.37. The summed E-state index contributed by atoms with van der Waals surface area (Å²) in [6.07, 6.45) is 0. The second-order valence-corrected chi connectivity index (χ2v) is 2.24. The Morgan fingerprint density at radius 1 is 1.75 bits per heavy atom. The van der Waals surface area contributed by atoms with E-state index in [1.54, 1.807) is 0 Å². The van der Waals surface area contributed by atoms with Crippen molar-refractivity contribution in [3.8, 4) is 0 Å². The summed E-state index contributed by atoms with van der Waals surface area (Å²) in [7, 11) is 0. The van der Waals surface area contributed by atoms with Crippen LogP contribution in [0.3, 0.4) is 0 Å². The SMILES string of the molecule is CC(S)c1nnn[nH]1. The molecular weight excluding hydrogens is 124 g/mol. The number of aromatic nitrogens is 4. The molecule has 0 radical (unpaired) electrons. The molecule has 0 fully saturated rings. The Morgan fingerprint density at radius 3 is 2.75 bits per heavy atom. The quantitative estimate of drug-likeness (QED) is 0.533. The predicted octanol–water partition coefficient (Wildman–Crippen LogP) is 0.190. The van der Waals surface area contributed by atoms with Gasteiger partial charge in [0.2, 0.25) is 0 Å². The molecule has 1 N–H and O–H groups in total. The van der Waals surface area contributed by atoms with Crippen molar-refractivity contribution in [2.45, 2.75) is 12.2 Å². The van der Waals surface area contributed by atoms with Gasteiger partial charge in [-0.25, -0.2) is 5.10 Å². The van der Waals surface area contributed by atoms with E-state index in [9.17, 15) is 0 Å². The zero-order chi connectivity index (χ0) is 5.98. The Bertz CT molecular complexity index is 146. The first-order chi connectivity index (χ1) is 3.80. The number of hydrogen-bond donors (Lipinski definition) is 2. The summed E-state index contributed by atoms with van der Waals surface area (Å²) in [6.45, 7) is 1.89. The lowest BCUT2D eigenvalue weighted by atomic mass is 10.5. The van der Waals surface area contributed by atoms with E-state index in [1.165, 1.54) is 0 Å². The highest BCUT2D eigenvalue weighted by atomic mass is 32.1. The van der Waals surface area contributed by atoms with E-state index in [0.29, 0.717) is 5.82 Å². The smallest absolute Gasteiger partial charge is 0.161 e. The van der Waals surface area contributed by atoms with Crippen molar-refractivity contribution in [2.24, 2.45) is 0 Å². The summed E-state index contributed by atoms with van der Waals surface area (Å²) >= 11 is 4.08. The Hall–Kier alpha value is -0.580. The largest absolute Gasteiger partial charge is 0.242 e. The maximum atomic E-state index is 4.08. The molecule has 44 valence electrons. The molecule has 0 bridgehead atoms. The number of nitrogens with one attached hydrogen (secondary N) is 1. The molecule has 0 aromatic carbocycles. The van der Waals surface area contributed by atoms with Crippen molar-refractivity contribution in [3.05, 3.63) is 5.82 Å². The average Bonchev–Trinajstić information content (AvgIpc) is 2.12. The normalized spacial score (nSPS) is 13.8. The molecule has 8 heavy (non-hydrogen) atoms. The van der Waals surface area contributed by atoms with Crippen molar-refractivity contribution in [3.63, 3.8) is 0 Å². The summed E-state index contributed by atoms with van der Waals surface area (Å²) in [5, 5.41) is 13.0. The third-order valence-corrected chi connectivity index (χ3v) is 1.00. The lowest BCUT2D eigenvalue weighted by Crippen LogP contribution is -1.86. The minimum Gasteiger partial charge on any atom is -0.242 e. The van der Waals surface area contributed by atoms with Crippen molar-refractivity contribution in [1.82, 2.24) is 20.6 Å². The standard InChI is InChI=1S/C3H6N4S/c1-2(8)3-4-6-7-5-3/h2,8H,1H3,(H,4,5,6,7). The monoisotopic (exact) mass is 130 g/mol. The van der Waals surface area contributed by atoms with Gasteiger partial charge in [0, 0.05) is 0 Å². The van der Waals surface area contributed by atoms with Gasteiger partial charge in [-0.1, -0.05) is 0 Å². The topological polar surface area (TPSA) is 54.5 Å². The number of H-pyrrole nitrogens is 1. The first-order valence-electron chi connectivity index (χ1n) is 2.22. The van der Waals surface area contributed by atoms with Gasteiger partial charge < -0.3 is 0 Å². The molecule has 0 amide bonds. The number of aromatic amines is 1. The number of tetrazole rings is 1. The number of hydrogen-bond acceptors (Lipinski definition) is 4. The number of thiol groups is 1. The van der Waals surface area contributed by atoms with Crippen molar-refractivity contribution in [1.29, 1.82) is 0 Å². The lowest BCUT2D eigenvalue weighted by molar-refractivity contribution is 0.881. The van der Waals surface area contributed by atoms with Crippen LogP contribution in [0.15, 0.2) is 0 Å². The molecule has 1 aromatic rings. The Morgan fingerprint density at radius 2 is 2.50 bits per heavy atom. The van der Waals surface area contributed by atoms with Crippen LogP contribution < -0.4 is 0 Å². The van der Waals surface area contributed by atoms with Gasteiger partial charge in [0.1, 0.15) is 0 Å². The second kappa shape index (κ2) is 2.13. The first-order valence-corrected chi connectivity index (χ1v) is 2.74. The number of nitrogens with zero attached hydrogens (tertiary/aromatic N) is 3. The van der Waals surface area contributed by atoms with Crippen LogP contribution in [-0.4, -0.2) is 20.6 Å². The van der Waals surface area contributed by atoms with E-state index < -0.39 is 0 Å². The van der Waals surface area contributed by atoms with Gasteiger partial charge in [0.05, 0.1) is 5.25 Å². The van der Waals surface area contributed by atoms with Crippen LogP contribution in [0.25, 0.3) is 0 Å². The van der Waals surface area contributed by atoms with Gasteiger partial charge in [0.25, 0.3) is 0 Å². The lowest BCUT2D eigenvalue weighted by Gasteiger charge is -1.91. The highest BCUT2D eigenvalue weighted by molar-refractivity contribution is 7.80. The van der Waals surface area contributed by atoms with Crippen LogP contribution in [-0.2, 0) is 0 Å². The molecule has 0 aliphatic carbocycles. The first kappa shape index (κ1) is 5.55. The van der Waals surface area contributed by atoms with Crippen LogP contribution in [0, 0.1) is 0 Å². The molecule has 0 aliphatic rings. The van der Waals surface area contributed by atoms with Gasteiger partial charge in [-0.3, -0.25) is 0 Å². The van der Waals surface area contributed by atoms with Gasteiger partial charge in [0.15, 0.2) is 5.82 Å². The minimum absolute atomic E-state index is 0.0880. The van der Waals surface area contributed by atoms with Crippen molar-refractivity contribution < 1.29 is 0 Å². The van der Waals surface area contributed by atoms with Crippen LogP contribution >= 0.6 is 12.6 Å².